The molecule has 5 rings (SSSR count). The van der Waals surface area contributed by atoms with Crippen LogP contribution in [0.15, 0.2) is 89.9 Å². The van der Waals surface area contributed by atoms with Crippen molar-refractivity contribution in [3.8, 4) is 11.3 Å². The van der Waals surface area contributed by atoms with E-state index in [0.717, 1.165) is 46.2 Å². The van der Waals surface area contributed by atoms with Gasteiger partial charge < -0.3 is 14.6 Å². The lowest BCUT2D eigenvalue weighted by Gasteiger charge is -2.15. The van der Waals surface area contributed by atoms with Crippen LogP contribution in [0.1, 0.15) is 28.8 Å². The van der Waals surface area contributed by atoms with Gasteiger partial charge in [0.1, 0.15) is 5.00 Å². The molecule has 172 valence electrons. The maximum Gasteiger partial charge on any atom is 0.256 e. The minimum Gasteiger partial charge on any atom is -0.376 e. The lowest BCUT2D eigenvalue weighted by Crippen LogP contribution is -2.24. The van der Waals surface area contributed by atoms with Crippen molar-refractivity contribution < 1.29 is 9.53 Å². The van der Waals surface area contributed by atoms with Gasteiger partial charge in [0.2, 0.25) is 0 Å². The maximum absolute atomic E-state index is 13.1. The van der Waals surface area contributed by atoms with Crippen LogP contribution < -0.4 is 10.1 Å². The molecule has 1 aromatic heterocycles. The van der Waals surface area contributed by atoms with Crippen LogP contribution in [-0.4, -0.2) is 23.2 Å². The Morgan fingerprint density at radius 1 is 1.03 bits per heavy atom. The summed E-state index contributed by atoms with van der Waals surface area (Å²) in [4.78, 5) is 18.9. The van der Waals surface area contributed by atoms with Crippen LogP contribution in [0.2, 0.25) is 0 Å². The van der Waals surface area contributed by atoms with Crippen molar-refractivity contribution >= 4 is 27.9 Å². The summed E-state index contributed by atoms with van der Waals surface area (Å²) in [7, 11) is 0. The second kappa shape index (κ2) is 10.2. The Bertz CT molecular complexity index is 1320. The third kappa shape index (κ3) is 5.03. The van der Waals surface area contributed by atoms with E-state index >= 15 is 0 Å². The molecule has 1 saturated heterocycles. The van der Waals surface area contributed by atoms with Crippen LogP contribution in [0.5, 0.6) is 0 Å². The van der Waals surface area contributed by atoms with E-state index in [9.17, 15) is 4.79 Å². The van der Waals surface area contributed by atoms with Gasteiger partial charge in [-0.05, 0) is 44.0 Å². The standard InChI is InChI=1S/C28H27N3O2S/c1-20-14-16-21(17-15-20)25-27(30-26(32)22-9-4-2-5-10-22)34-28(29-23-11-6-3-7-12-23)31(25)19-24-13-8-18-33-24/h2-7,9-12,14-17,24H,8,13,18-19H2,1H3,(H,30,32)/t24-/m0/s1. The Labute approximate surface area is 203 Å². The van der Waals surface area contributed by atoms with Crippen molar-refractivity contribution in [1.82, 2.24) is 4.57 Å². The number of aromatic nitrogens is 1. The Hall–Kier alpha value is -3.48. The number of para-hydroxylation sites is 1. The largest absolute Gasteiger partial charge is 0.376 e. The van der Waals surface area contributed by atoms with E-state index in [1.54, 1.807) is 0 Å². The van der Waals surface area contributed by atoms with E-state index in [1.807, 2.05) is 60.7 Å². The fourth-order valence-corrected chi connectivity index (χ4v) is 5.20. The topological polar surface area (TPSA) is 55.6 Å². The molecule has 1 atom stereocenters. The first-order valence-corrected chi connectivity index (χ1v) is 12.4. The first kappa shape index (κ1) is 22.3. The van der Waals surface area contributed by atoms with Gasteiger partial charge in [0.25, 0.3) is 5.91 Å². The zero-order valence-electron chi connectivity index (χ0n) is 19.1. The molecule has 0 unspecified atom stereocenters. The Kier molecular flexibility index (Phi) is 6.70. The lowest BCUT2D eigenvalue weighted by atomic mass is 10.1. The third-order valence-electron chi connectivity index (χ3n) is 5.89. The molecule has 1 aliphatic heterocycles. The Morgan fingerprint density at radius 2 is 1.74 bits per heavy atom. The monoisotopic (exact) mass is 469 g/mol. The number of carbonyl (C=O) groups is 1. The molecule has 1 N–H and O–H groups in total. The number of hydrogen-bond donors (Lipinski definition) is 1. The quantitative estimate of drug-likeness (QED) is 0.366. The normalized spacial score (nSPS) is 16.0. The van der Waals surface area contributed by atoms with Crippen molar-refractivity contribution in [3.63, 3.8) is 0 Å². The van der Waals surface area contributed by atoms with Crippen LogP contribution in [0, 0.1) is 6.92 Å². The fourth-order valence-electron chi connectivity index (χ4n) is 4.12. The highest BCUT2D eigenvalue weighted by Crippen LogP contribution is 2.33. The molecular formula is C28H27N3O2S. The summed E-state index contributed by atoms with van der Waals surface area (Å²) in [6.07, 6.45) is 2.22. The average molecular weight is 470 g/mol. The summed E-state index contributed by atoms with van der Waals surface area (Å²) in [5.74, 6) is -0.134. The number of nitrogens with zero attached hydrogens (tertiary/aromatic N) is 2. The van der Waals surface area contributed by atoms with E-state index in [1.165, 1.54) is 16.9 Å². The molecule has 0 bridgehead atoms. The Morgan fingerprint density at radius 3 is 2.41 bits per heavy atom. The summed E-state index contributed by atoms with van der Waals surface area (Å²) in [5, 5.41) is 3.95. The number of aryl methyl sites for hydroxylation is 1. The highest BCUT2D eigenvalue weighted by atomic mass is 32.1. The Balaban J connectivity index is 1.66. The van der Waals surface area contributed by atoms with Gasteiger partial charge in [-0.1, -0.05) is 77.6 Å². The average Bonchev–Trinajstić information content (AvgIpc) is 3.49. The van der Waals surface area contributed by atoms with Gasteiger partial charge in [0, 0.05) is 17.7 Å². The number of hydrogen-bond acceptors (Lipinski definition) is 4. The smallest absolute Gasteiger partial charge is 0.256 e. The van der Waals surface area contributed by atoms with Crippen LogP contribution in [0.4, 0.5) is 10.7 Å². The van der Waals surface area contributed by atoms with Gasteiger partial charge in [0.05, 0.1) is 24.0 Å². The van der Waals surface area contributed by atoms with Crippen molar-refractivity contribution in [1.29, 1.82) is 0 Å². The zero-order chi connectivity index (χ0) is 23.3. The molecule has 0 saturated carbocycles. The van der Waals surface area contributed by atoms with Crippen molar-refractivity contribution in [2.24, 2.45) is 4.99 Å². The summed E-state index contributed by atoms with van der Waals surface area (Å²) >= 11 is 1.50. The predicted octanol–water partition coefficient (Wildman–Crippen LogP) is 6.19. The molecule has 0 radical (unpaired) electrons. The second-order valence-electron chi connectivity index (χ2n) is 8.44. The molecule has 1 fully saturated rings. The highest BCUT2D eigenvalue weighted by molar-refractivity contribution is 7.14. The van der Waals surface area contributed by atoms with Gasteiger partial charge in [-0.25, -0.2) is 4.99 Å². The van der Waals surface area contributed by atoms with Gasteiger partial charge >= 0.3 is 0 Å². The number of anilines is 1. The first-order valence-electron chi connectivity index (χ1n) is 11.6. The van der Waals surface area contributed by atoms with Crippen LogP contribution in [0.25, 0.3) is 11.3 Å². The highest BCUT2D eigenvalue weighted by Gasteiger charge is 2.23. The molecule has 0 aliphatic carbocycles. The summed E-state index contributed by atoms with van der Waals surface area (Å²) in [6.45, 7) is 3.55. The molecule has 5 nitrogen and oxygen atoms in total. The van der Waals surface area contributed by atoms with Crippen molar-refractivity contribution in [2.75, 3.05) is 11.9 Å². The van der Waals surface area contributed by atoms with Crippen LogP contribution in [0.3, 0.4) is 0 Å². The molecule has 34 heavy (non-hydrogen) atoms. The van der Waals surface area contributed by atoms with E-state index in [0.29, 0.717) is 12.1 Å². The lowest BCUT2D eigenvalue weighted by molar-refractivity contribution is 0.0968. The summed E-state index contributed by atoms with van der Waals surface area (Å²) in [5.41, 5.74) is 4.69. The van der Waals surface area contributed by atoms with Crippen LogP contribution >= 0.6 is 11.3 Å². The molecule has 1 aliphatic rings. The van der Waals surface area contributed by atoms with Crippen molar-refractivity contribution in [2.45, 2.75) is 32.4 Å². The van der Waals surface area contributed by atoms with E-state index < -0.39 is 0 Å². The first-order chi connectivity index (χ1) is 16.7. The second-order valence-corrected chi connectivity index (χ2v) is 9.42. The molecule has 3 aromatic carbocycles. The number of ether oxygens (including phenoxy) is 1. The molecule has 1 amide bonds. The zero-order valence-corrected chi connectivity index (χ0v) is 19.9. The molecule has 0 spiro atoms. The van der Waals surface area contributed by atoms with Gasteiger partial charge in [-0.15, -0.1) is 0 Å². The van der Waals surface area contributed by atoms with Crippen LogP contribution in [-0.2, 0) is 11.3 Å². The molecule has 2 heterocycles. The van der Waals surface area contributed by atoms with E-state index in [4.69, 9.17) is 9.73 Å². The van der Waals surface area contributed by atoms with Gasteiger partial charge in [-0.2, -0.15) is 0 Å². The molecule has 4 aromatic rings. The molecular weight excluding hydrogens is 442 g/mol. The van der Waals surface area contributed by atoms with Crippen molar-refractivity contribution in [3.05, 3.63) is 101 Å². The minimum absolute atomic E-state index is 0.131. The predicted molar refractivity (Wildman–Crippen MR) is 138 cm³/mol. The van der Waals surface area contributed by atoms with Gasteiger partial charge in [0.15, 0.2) is 4.80 Å². The fraction of sp³-hybridized carbons (Fsp3) is 0.214. The number of carbonyl (C=O) groups excluding carboxylic acids is 1. The molecule has 6 heteroatoms. The van der Waals surface area contributed by atoms with E-state index in [-0.39, 0.29) is 12.0 Å². The van der Waals surface area contributed by atoms with Gasteiger partial charge in [-0.3, -0.25) is 4.79 Å². The third-order valence-corrected chi connectivity index (χ3v) is 6.88. The number of thiazole rings is 1. The number of rotatable bonds is 6. The minimum atomic E-state index is -0.134. The number of nitrogens with one attached hydrogen (secondary N) is 1. The summed E-state index contributed by atoms with van der Waals surface area (Å²) < 4.78 is 8.19. The van der Waals surface area contributed by atoms with E-state index in [2.05, 4.69) is 41.1 Å². The number of amides is 1. The number of benzene rings is 3. The SMILES string of the molecule is Cc1ccc(-c2c(NC(=O)c3ccccc3)sc(=Nc3ccccc3)n2C[C@@H]2CCCO2)cc1. The summed E-state index contributed by atoms with van der Waals surface area (Å²) in [6, 6.07) is 27.6. The maximum atomic E-state index is 13.1.